The minimum Gasteiger partial charge on any atom is -0.383 e. The van der Waals surface area contributed by atoms with Crippen molar-refractivity contribution in [2.24, 2.45) is 0 Å². The zero-order valence-electron chi connectivity index (χ0n) is 8.60. The van der Waals surface area contributed by atoms with Crippen molar-refractivity contribution < 1.29 is 13.2 Å². The summed E-state index contributed by atoms with van der Waals surface area (Å²) in [5.41, 5.74) is 0.231. The molecule has 0 aromatic carbocycles. The van der Waals surface area contributed by atoms with E-state index in [2.05, 4.69) is 14.4 Å². The second-order valence-corrected chi connectivity index (χ2v) is 4.76. The highest BCUT2D eigenvalue weighted by molar-refractivity contribution is 7.90. The van der Waals surface area contributed by atoms with Crippen molar-refractivity contribution >= 4 is 27.5 Å². The van der Waals surface area contributed by atoms with Crippen LogP contribution in [-0.2, 0) is 14.9 Å². The number of hydrogen-bond acceptors (Lipinski definition) is 4. The molecule has 1 aromatic rings. The number of aromatic nitrogens is 1. The molecule has 16 heavy (non-hydrogen) atoms. The van der Waals surface area contributed by atoms with Crippen LogP contribution in [0.3, 0.4) is 0 Å². The topological polar surface area (TPSA) is 80.3 Å². The Balaban J connectivity index is 2.63. The van der Waals surface area contributed by atoms with Crippen LogP contribution in [0.25, 0.3) is 0 Å². The first kappa shape index (κ1) is 13.2. The molecule has 0 bridgehead atoms. The van der Waals surface area contributed by atoms with Gasteiger partial charge in [-0.05, 0) is 6.07 Å². The van der Waals surface area contributed by atoms with Gasteiger partial charge >= 0.3 is 0 Å². The highest BCUT2D eigenvalue weighted by Gasteiger charge is 2.10. The fourth-order valence-electron chi connectivity index (χ4n) is 0.912. The third-order valence-electron chi connectivity index (χ3n) is 1.61. The normalized spacial score (nSPS) is 11.4. The summed E-state index contributed by atoms with van der Waals surface area (Å²) < 4.78 is 32.2. The van der Waals surface area contributed by atoms with Crippen LogP contribution in [0, 0.1) is 0 Å². The van der Waals surface area contributed by atoms with Gasteiger partial charge in [-0.2, -0.15) is 13.1 Å². The molecule has 0 saturated carbocycles. The molecule has 1 rings (SSSR count). The van der Waals surface area contributed by atoms with E-state index in [9.17, 15) is 8.42 Å². The number of halogens is 1. The van der Waals surface area contributed by atoms with Gasteiger partial charge in [0.05, 0.1) is 23.5 Å². The third kappa shape index (κ3) is 4.31. The van der Waals surface area contributed by atoms with Gasteiger partial charge in [-0.1, -0.05) is 11.6 Å². The molecular weight excluding hydrogens is 254 g/mol. The first-order valence-corrected chi connectivity index (χ1v) is 6.27. The van der Waals surface area contributed by atoms with Gasteiger partial charge in [0.1, 0.15) is 0 Å². The second kappa shape index (κ2) is 6.00. The van der Waals surface area contributed by atoms with Crippen molar-refractivity contribution in [2.45, 2.75) is 0 Å². The first-order chi connectivity index (χ1) is 7.55. The molecular formula is C8H12ClN3O3S. The van der Waals surface area contributed by atoms with Crippen LogP contribution in [0.2, 0.25) is 5.02 Å². The Morgan fingerprint density at radius 3 is 2.94 bits per heavy atom. The maximum atomic E-state index is 11.5. The summed E-state index contributed by atoms with van der Waals surface area (Å²) in [5, 5.41) is 0.284. The number of anilines is 1. The number of methoxy groups -OCH3 is 1. The van der Waals surface area contributed by atoms with E-state index in [4.69, 9.17) is 16.3 Å². The highest BCUT2D eigenvalue weighted by atomic mass is 35.5. The molecule has 0 aliphatic carbocycles. The van der Waals surface area contributed by atoms with Crippen LogP contribution in [-0.4, -0.2) is 33.7 Å². The Bertz CT molecular complexity index is 438. The van der Waals surface area contributed by atoms with E-state index < -0.39 is 10.2 Å². The molecule has 2 N–H and O–H groups in total. The van der Waals surface area contributed by atoms with Gasteiger partial charge in [-0.3, -0.25) is 9.71 Å². The number of rotatable bonds is 6. The molecule has 0 aliphatic heterocycles. The van der Waals surface area contributed by atoms with Gasteiger partial charge in [-0.25, -0.2) is 0 Å². The molecule has 0 saturated heterocycles. The monoisotopic (exact) mass is 265 g/mol. The molecule has 0 amide bonds. The summed E-state index contributed by atoms with van der Waals surface area (Å²) in [4.78, 5) is 3.76. The average Bonchev–Trinajstić information content (AvgIpc) is 2.21. The van der Waals surface area contributed by atoms with E-state index >= 15 is 0 Å². The summed E-state index contributed by atoms with van der Waals surface area (Å²) >= 11 is 5.77. The minimum atomic E-state index is -3.63. The summed E-state index contributed by atoms with van der Waals surface area (Å²) in [7, 11) is -2.15. The number of hydrogen-bond donors (Lipinski definition) is 2. The zero-order valence-corrected chi connectivity index (χ0v) is 10.2. The quantitative estimate of drug-likeness (QED) is 0.740. The lowest BCUT2D eigenvalue weighted by Crippen LogP contribution is -2.32. The molecule has 0 fully saturated rings. The van der Waals surface area contributed by atoms with Crippen LogP contribution in [0.15, 0.2) is 18.5 Å². The molecule has 1 heterocycles. The molecule has 0 aliphatic rings. The molecule has 0 spiro atoms. The largest absolute Gasteiger partial charge is 0.383 e. The molecule has 8 heteroatoms. The summed E-state index contributed by atoms with van der Waals surface area (Å²) in [6.07, 6.45) is 2.80. The minimum absolute atomic E-state index is 0.184. The van der Waals surface area contributed by atoms with Gasteiger partial charge < -0.3 is 4.74 Å². The molecule has 1 aromatic heterocycles. The Hall–Kier alpha value is -0.890. The van der Waals surface area contributed by atoms with Crippen molar-refractivity contribution in [2.75, 3.05) is 25.0 Å². The lowest BCUT2D eigenvalue weighted by Gasteiger charge is -2.09. The van der Waals surface area contributed by atoms with Crippen molar-refractivity contribution in [1.82, 2.24) is 9.71 Å². The van der Waals surface area contributed by atoms with Crippen molar-refractivity contribution in [3.05, 3.63) is 23.5 Å². The smallest absolute Gasteiger partial charge is 0.299 e. The Labute approximate surface area is 99.2 Å². The van der Waals surface area contributed by atoms with E-state index in [0.717, 1.165) is 0 Å². The second-order valence-electron chi connectivity index (χ2n) is 2.85. The van der Waals surface area contributed by atoms with Crippen LogP contribution in [0.5, 0.6) is 0 Å². The van der Waals surface area contributed by atoms with Gasteiger partial charge in [0.15, 0.2) is 0 Å². The number of ether oxygens (including phenoxy) is 1. The van der Waals surface area contributed by atoms with E-state index in [1.54, 1.807) is 0 Å². The molecule has 90 valence electrons. The van der Waals surface area contributed by atoms with Crippen molar-refractivity contribution in [3.63, 3.8) is 0 Å². The Morgan fingerprint density at radius 2 is 2.31 bits per heavy atom. The summed E-state index contributed by atoms with van der Waals surface area (Å²) in [6, 6.07) is 1.49. The molecule has 0 atom stereocenters. The number of nitrogens with zero attached hydrogens (tertiary/aromatic N) is 1. The fraction of sp³-hybridized carbons (Fsp3) is 0.375. The zero-order chi connectivity index (χ0) is 12.0. The predicted molar refractivity (Wildman–Crippen MR) is 61.7 cm³/mol. The van der Waals surface area contributed by atoms with Gasteiger partial charge in [0, 0.05) is 19.9 Å². The molecule has 0 radical (unpaired) electrons. The predicted octanol–water partition coefficient (Wildman–Crippen LogP) is 0.628. The van der Waals surface area contributed by atoms with Gasteiger partial charge in [0.25, 0.3) is 10.2 Å². The molecule has 0 unspecified atom stereocenters. The van der Waals surface area contributed by atoms with Crippen LogP contribution in [0.4, 0.5) is 5.69 Å². The van der Waals surface area contributed by atoms with Gasteiger partial charge in [-0.15, -0.1) is 0 Å². The van der Waals surface area contributed by atoms with Crippen molar-refractivity contribution in [3.8, 4) is 0 Å². The molecule has 6 nitrogen and oxygen atoms in total. The van der Waals surface area contributed by atoms with Crippen molar-refractivity contribution in [1.29, 1.82) is 0 Å². The van der Waals surface area contributed by atoms with E-state index in [-0.39, 0.29) is 17.3 Å². The standard InChI is InChI=1S/C8H12ClN3O3S/c1-15-5-4-11-16(13,14)12-8-6-10-3-2-7(8)9/h2-3,6,11-12H,4-5H2,1H3. The Kier molecular flexibility index (Phi) is 4.94. The fourth-order valence-corrected chi connectivity index (χ4v) is 2.00. The van der Waals surface area contributed by atoms with E-state index in [0.29, 0.717) is 6.61 Å². The van der Waals surface area contributed by atoms with E-state index in [1.165, 1.54) is 25.6 Å². The highest BCUT2D eigenvalue weighted by Crippen LogP contribution is 2.19. The van der Waals surface area contributed by atoms with Gasteiger partial charge in [0.2, 0.25) is 0 Å². The van der Waals surface area contributed by atoms with Crippen LogP contribution < -0.4 is 9.44 Å². The maximum Gasteiger partial charge on any atom is 0.299 e. The van der Waals surface area contributed by atoms with E-state index in [1.807, 2.05) is 0 Å². The average molecular weight is 266 g/mol. The number of pyridine rings is 1. The Morgan fingerprint density at radius 1 is 1.56 bits per heavy atom. The lowest BCUT2D eigenvalue weighted by atomic mass is 10.4. The van der Waals surface area contributed by atoms with Crippen LogP contribution in [0.1, 0.15) is 0 Å². The first-order valence-electron chi connectivity index (χ1n) is 4.41. The summed E-state index contributed by atoms with van der Waals surface area (Å²) in [6.45, 7) is 0.478. The number of nitrogens with one attached hydrogen (secondary N) is 2. The summed E-state index contributed by atoms with van der Waals surface area (Å²) in [5.74, 6) is 0. The third-order valence-corrected chi connectivity index (χ3v) is 3.01. The van der Waals surface area contributed by atoms with Crippen LogP contribution >= 0.6 is 11.6 Å². The lowest BCUT2D eigenvalue weighted by molar-refractivity contribution is 0.204. The SMILES string of the molecule is COCCNS(=O)(=O)Nc1cnccc1Cl. The maximum absolute atomic E-state index is 11.5.